The van der Waals surface area contributed by atoms with Crippen molar-refractivity contribution in [3.05, 3.63) is 57.0 Å². The molecule has 0 heterocycles. The first kappa shape index (κ1) is 29.4. The Morgan fingerprint density at radius 1 is 1.05 bits per heavy atom. The lowest BCUT2D eigenvalue weighted by atomic mass is 10.1. The fourth-order valence-corrected chi connectivity index (χ4v) is 5.65. The predicted octanol–water partition coefficient (Wildman–Crippen LogP) is 4.90. The van der Waals surface area contributed by atoms with E-state index in [1.54, 1.807) is 25.1 Å². The molecule has 1 N–H and O–H groups in total. The van der Waals surface area contributed by atoms with Crippen LogP contribution in [0.25, 0.3) is 0 Å². The Balaban J connectivity index is 1.91. The number of sulfonamides is 1. The highest BCUT2D eigenvalue weighted by Crippen LogP contribution is 2.30. The number of amides is 2. The van der Waals surface area contributed by atoms with Crippen molar-refractivity contribution in [1.82, 2.24) is 10.2 Å². The van der Waals surface area contributed by atoms with Crippen LogP contribution < -0.4 is 14.4 Å². The zero-order chi connectivity index (χ0) is 27.3. The summed E-state index contributed by atoms with van der Waals surface area (Å²) < 4.78 is 31.5. The van der Waals surface area contributed by atoms with E-state index < -0.39 is 28.5 Å². The Kier molecular flexibility index (Phi) is 9.97. The third-order valence-electron chi connectivity index (χ3n) is 6.31. The van der Waals surface area contributed by atoms with E-state index in [1.165, 1.54) is 30.2 Å². The van der Waals surface area contributed by atoms with E-state index in [0.717, 1.165) is 36.2 Å². The Bertz CT molecular complexity index is 1250. The summed E-state index contributed by atoms with van der Waals surface area (Å²) >= 11 is 18.4. The number of benzene rings is 2. The monoisotopic (exact) mass is 589 g/mol. The van der Waals surface area contributed by atoms with Gasteiger partial charge in [0.2, 0.25) is 21.8 Å². The summed E-state index contributed by atoms with van der Waals surface area (Å²) in [7, 11) is -2.44. The second kappa shape index (κ2) is 12.6. The molecule has 2 amide bonds. The zero-order valence-electron chi connectivity index (χ0n) is 20.8. The maximum Gasteiger partial charge on any atom is 0.244 e. The van der Waals surface area contributed by atoms with Crippen molar-refractivity contribution in [3.8, 4) is 5.75 Å². The van der Waals surface area contributed by atoms with Crippen LogP contribution in [0.15, 0.2) is 36.4 Å². The third kappa shape index (κ3) is 7.66. The van der Waals surface area contributed by atoms with Gasteiger partial charge >= 0.3 is 0 Å². The number of hydrogen-bond acceptors (Lipinski definition) is 5. The molecule has 202 valence electrons. The lowest BCUT2D eigenvalue weighted by Crippen LogP contribution is -2.52. The van der Waals surface area contributed by atoms with Gasteiger partial charge < -0.3 is 15.0 Å². The van der Waals surface area contributed by atoms with Gasteiger partial charge in [0, 0.05) is 12.6 Å². The molecule has 1 unspecified atom stereocenters. The largest absolute Gasteiger partial charge is 0.495 e. The number of hydrogen-bond donors (Lipinski definition) is 1. The van der Waals surface area contributed by atoms with Gasteiger partial charge in [-0.1, -0.05) is 53.7 Å². The maximum absolute atomic E-state index is 13.6. The highest BCUT2D eigenvalue weighted by atomic mass is 35.5. The second-order valence-electron chi connectivity index (χ2n) is 9.02. The molecule has 2 aromatic carbocycles. The number of carbonyl (C=O) groups excluding carboxylic acids is 2. The molecule has 8 nitrogen and oxygen atoms in total. The molecule has 1 aliphatic carbocycles. The molecular formula is C25H30Cl3N3O5S. The van der Waals surface area contributed by atoms with E-state index in [2.05, 4.69) is 5.32 Å². The van der Waals surface area contributed by atoms with E-state index in [0.29, 0.717) is 21.4 Å². The van der Waals surface area contributed by atoms with Crippen molar-refractivity contribution in [3.63, 3.8) is 0 Å². The normalized spacial score (nSPS) is 14.8. The summed E-state index contributed by atoms with van der Waals surface area (Å²) in [4.78, 5) is 28.1. The van der Waals surface area contributed by atoms with Crippen LogP contribution in [0, 0.1) is 0 Å². The average molecular weight is 591 g/mol. The van der Waals surface area contributed by atoms with Crippen molar-refractivity contribution in [1.29, 1.82) is 0 Å². The van der Waals surface area contributed by atoms with Gasteiger partial charge in [-0.3, -0.25) is 13.9 Å². The lowest BCUT2D eigenvalue weighted by Gasteiger charge is -2.32. The first-order chi connectivity index (χ1) is 17.4. The van der Waals surface area contributed by atoms with E-state index in [4.69, 9.17) is 39.5 Å². The molecule has 1 aliphatic rings. The van der Waals surface area contributed by atoms with Crippen LogP contribution in [0.5, 0.6) is 5.75 Å². The summed E-state index contributed by atoms with van der Waals surface area (Å²) in [6.07, 6.45) is 4.86. The van der Waals surface area contributed by atoms with Gasteiger partial charge in [-0.25, -0.2) is 8.42 Å². The smallest absolute Gasteiger partial charge is 0.244 e. The van der Waals surface area contributed by atoms with Crippen LogP contribution in [0.2, 0.25) is 15.1 Å². The molecule has 0 spiro atoms. The summed E-state index contributed by atoms with van der Waals surface area (Å²) in [6, 6.07) is 8.54. The molecule has 37 heavy (non-hydrogen) atoms. The summed E-state index contributed by atoms with van der Waals surface area (Å²) in [5.74, 6) is -0.514. The number of rotatable bonds is 10. The van der Waals surface area contributed by atoms with Crippen molar-refractivity contribution in [2.45, 2.75) is 51.2 Å². The first-order valence-corrected chi connectivity index (χ1v) is 14.7. The Labute approximate surface area is 232 Å². The van der Waals surface area contributed by atoms with Crippen LogP contribution in [0.3, 0.4) is 0 Å². The van der Waals surface area contributed by atoms with Gasteiger partial charge in [0.1, 0.15) is 18.3 Å². The fraction of sp³-hybridized carbons (Fsp3) is 0.440. The van der Waals surface area contributed by atoms with Gasteiger partial charge in [-0.15, -0.1) is 0 Å². The minimum Gasteiger partial charge on any atom is -0.495 e. The van der Waals surface area contributed by atoms with Gasteiger partial charge in [0.05, 0.1) is 34.1 Å². The molecule has 0 bridgehead atoms. The minimum atomic E-state index is -3.89. The highest BCUT2D eigenvalue weighted by Gasteiger charge is 2.31. The van der Waals surface area contributed by atoms with E-state index in [-0.39, 0.29) is 29.2 Å². The van der Waals surface area contributed by atoms with Crippen LogP contribution in [0.4, 0.5) is 5.69 Å². The molecule has 3 rings (SSSR count). The van der Waals surface area contributed by atoms with Crippen molar-refractivity contribution in [2.75, 3.05) is 24.2 Å². The van der Waals surface area contributed by atoms with E-state index >= 15 is 0 Å². The summed E-state index contributed by atoms with van der Waals surface area (Å²) in [5, 5.41) is 3.87. The summed E-state index contributed by atoms with van der Waals surface area (Å²) in [6.45, 7) is 1.11. The van der Waals surface area contributed by atoms with Crippen molar-refractivity contribution < 1.29 is 22.7 Å². The molecule has 0 saturated heterocycles. The lowest BCUT2D eigenvalue weighted by molar-refractivity contribution is -0.139. The number of methoxy groups -OCH3 is 1. The SMILES string of the molecule is COc1ccc(N(CC(=O)N(Cc2ccc(Cl)c(Cl)c2)C(C)C(=O)NC2CCCC2)S(C)(=O)=O)cc1Cl. The number of ether oxygens (including phenoxy) is 1. The Morgan fingerprint density at radius 3 is 2.30 bits per heavy atom. The standard InChI is InChI=1S/C25H30Cl3N3O5S/c1-16(25(33)29-18-6-4-5-7-18)30(14-17-8-10-20(26)21(27)12-17)24(32)15-31(37(3,34)35)19-9-11-23(36-2)22(28)13-19/h8-13,16,18H,4-7,14-15H2,1-3H3,(H,29,33). The quantitative estimate of drug-likeness (QED) is 0.425. The van der Waals surface area contributed by atoms with Crippen LogP contribution in [-0.4, -0.2) is 57.1 Å². The van der Waals surface area contributed by atoms with E-state index in [1.807, 2.05) is 0 Å². The van der Waals surface area contributed by atoms with Gasteiger partial charge in [0.15, 0.2) is 0 Å². The number of nitrogens with one attached hydrogen (secondary N) is 1. The molecule has 1 saturated carbocycles. The molecule has 0 radical (unpaired) electrons. The number of nitrogens with zero attached hydrogens (tertiary/aromatic N) is 2. The van der Waals surface area contributed by atoms with Crippen molar-refractivity contribution >= 4 is 62.3 Å². The van der Waals surface area contributed by atoms with Gasteiger partial charge in [0.25, 0.3) is 0 Å². The van der Waals surface area contributed by atoms with E-state index in [9.17, 15) is 18.0 Å². The van der Waals surface area contributed by atoms with Crippen LogP contribution in [-0.2, 0) is 26.2 Å². The highest BCUT2D eigenvalue weighted by molar-refractivity contribution is 7.92. The number of carbonyl (C=O) groups is 2. The first-order valence-electron chi connectivity index (χ1n) is 11.8. The second-order valence-corrected chi connectivity index (χ2v) is 12.2. The molecule has 1 fully saturated rings. The van der Waals surface area contributed by atoms with Crippen molar-refractivity contribution in [2.24, 2.45) is 0 Å². The molecule has 1 atom stereocenters. The average Bonchev–Trinajstić information content (AvgIpc) is 3.34. The Morgan fingerprint density at radius 2 is 1.73 bits per heavy atom. The third-order valence-corrected chi connectivity index (χ3v) is 8.48. The summed E-state index contributed by atoms with van der Waals surface area (Å²) in [5.41, 5.74) is 0.834. The topological polar surface area (TPSA) is 96.0 Å². The Hall–Kier alpha value is -2.20. The molecular weight excluding hydrogens is 561 g/mol. The molecule has 0 aliphatic heterocycles. The van der Waals surface area contributed by atoms with Crippen LogP contribution >= 0.6 is 34.8 Å². The molecule has 2 aromatic rings. The fourth-order valence-electron chi connectivity index (χ4n) is 4.23. The molecule has 0 aromatic heterocycles. The number of anilines is 1. The minimum absolute atomic E-state index is 0.0238. The zero-order valence-corrected chi connectivity index (χ0v) is 23.9. The van der Waals surface area contributed by atoms with Crippen LogP contribution in [0.1, 0.15) is 38.2 Å². The predicted molar refractivity (Wildman–Crippen MR) is 147 cm³/mol. The van der Waals surface area contributed by atoms with Gasteiger partial charge in [-0.05, 0) is 55.7 Å². The maximum atomic E-state index is 13.6. The van der Waals surface area contributed by atoms with Gasteiger partial charge in [-0.2, -0.15) is 0 Å². The number of halogens is 3. The molecule has 12 heteroatoms.